The monoisotopic (exact) mass is 458 g/mol. The SMILES string of the molecule is CC(C)n1nc(OC(C)(C)C(=O)NC2CCC(O)CC2)c2cc(CN3CCOCC3)ccc21. The van der Waals surface area contributed by atoms with E-state index in [1.807, 2.05) is 4.68 Å². The molecule has 4 rings (SSSR count). The minimum atomic E-state index is -1.07. The van der Waals surface area contributed by atoms with Crippen LogP contribution in [0.15, 0.2) is 18.2 Å². The van der Waals surface area contributed by atoms with Gasteiger partial charge in [0.25, 0.3) is 5.91 Å². The molecule has 2 N–H and O–H groups in total. The Morgan fingerprint density at radius 3 is 2.61 bits per heavy atom. The summed E-state index contributed by atoms with van der Waals surface area (Å²) in [5, 5.41) is 18.5. The number of hydrogen-bond acceptors (Lipinski definition) is 6. The van der Waals surface area contributed by atoms with E-state index in [2.05, 4.69) is 42.3 Å². The van der Waals surface area contributed by atoms with Gasteiger partial charge in [0.1, 0.15) is 0 Å². The third-order valence-electron chi connectivity index (χ3n) is 6.67. The number of aromatic nitrogens is 2. The van der Waals surface area contributed by atoms with Crippen LogP contribution in [0.25, 0.3) is 10.9 Å². The van der Waals surface area contributed by atoms with E-state index < -0.39 is 5.60 Å². The standard InChI is InChI=1S/C25H38N4O4/c1-17(2)29-22-10-5-18(16-28-11-13-32-14-12-28)15-21(22)23(27-29)33-25(3,4)24(31)26-19-6-8-20(30)9-7-19/h5,10,15,17,19-20,30H,6-9,11-14,16H2,1-4H3,(H,26,31). The number of carbonyl (C=O) groups is 1. The fourth-order valence-electron chi connectivity index (χ4n) is 4.61. The summed E-state index contributed by atoms with van der Waals surface area (Å²) < 4.78 is 13.7. The minimum Gasteiger partial charge on any atom is -0.460 e. The third-order valence-corrected chi connectivity index (χ3v) is 6.67. The molecule has 1 saturated heterocycles. The molecule has 1 aromatic heterocycles. The highest BCUT2D eigenvalue weighted by Crippen LogP contribution is 2.31. The maximum atomic E-state index is 13.1. The number of benzene rings is 1. The molecule has 0 atom stereocenters. The number of hydrogen-bond donors (Lipinski definition) is 2. The van der Waals surface area contributed by atoms with Gasteiger partial charge in [-0.25, -0.2) is 0 Å². The molecule has 1 aromatic carbocycles. The first kappa shape index (κ1) is 24.0. The Morgan fingerprint density at radius 1 is 1.24 bits per heavy atom. The van der Waals surface area contributed by atoms with Crippen molar-refractivity contribution in [3.05, 3.63) is 23.8 Å². The average molecular weight is 459 g/mol. The molecule has 33 heavy (non-hydrogen) atoms. The molecule has 2 aromatic rings. The number of aliphatic hydroxyl groups excluding tert-OH is 1. The van der Waals surface area contributed by atoms with E-state index >= 15 is 0 Å². The summed E-state index contributed by atoms with van der Waals surface area (Å²) in [7, 11) is 0. The van der Waals surface area contributed by atoms with Gasteiger partial charge in [-0.05, 0) is 71.1 Å². The van der Waals surface area contributed by atoms with Crippen LogP contribution < -0.4 is 10.1 Å². The summed E-state index contributed by atoms with van der Waals surface area (Å²) in [4.78, 5) is 15.5. The van der Waals surface area contributed by atoms with Crippen molar-refractivity contribution >= 4 is 16.8 Å². The molecule has 182 valence electrons. The highest BCUT2D eigenvalue weighted by Gasteiger charge is 2.34. The Kier molecular flexibility index (Phi) is 7.26. The quantitative estimate of drug-likeness (QED) is 0.663. The molecule has 0 radical (unpaired) electrons. The Labute approximate surface area is 196 Å². The largest absolute Gasteiger partial charge is 0.460 e. The van der Waals surface area contributed by atoms with Crippen molar-refractivity contribution in [2.45, 2.75) is 83.7 Å². The number of nitrogens with one attached hydrogen (secondary N) is 1. The van der Waals surface area contributed by atoms with Crippen LogP contribution in [0.2, 0.25) is 0 Å². The van der Waals surface area contributed by atoms with E-state index in [4.69, 9.17) is 14.6 Å². The number of fused-ring (bicyclic) bond motifs is 1. The lowest BCUT2D eigenvalue weighted by molar-refractivity contribution is -0.135. The predicted octanol–water partition coefficient (Wildman–Crippen LogP) is 3.03. The predicted molar refractivity (Wildman–Crippen MR) is 127 cm³/mol. The molecule has 0 bridgehead atoms. The van der Waals surface area contributed by atoms with Crippen LogP contribution in [0.1, 0.15) is 65.0 Å². The van der Waals surface area contributed by atoms with Gasteiger partial charge in [0.05, 0.1) is 30.2 Å². The van der Waals surface area contributed by atoms with E-state index in [0.717, 1.165) is 69.4 Å². The summed E-state index contributed by atoms with van der Waals surface area (Å²) in [5.74, 6) is 0.336. The zero-order valence-electron chi connectivity index (χ0n) is 20.3. The highest BCUT2D eigenvalue weighted by atomic mass is 16.5. The second-order valence-electron chi connectivity index (χ2n) is 10.2. The fourth-order valence-corrected chi connectivity index (χ4v) is 4.61. The molecular weight excluding hydrogens is 420 g/mol. The second-order valence-corrected chi connectivity index (χ2v) is 10.2. The van der Waals surface area contributed by atoms with E-state index in [1.165, 1.54) is 5.56 Å². The van der Waals surface area contributed by atoms with Crippen LogP contribution in [0.3, 0.4) is 0 Å². The van der Waals surface area contributed by atoms with Crippen molar-refractivity contribution in [3.63, 3.8) is 0 Å². The molecule has 2 heterocycles. The first-order valence-electron chi connectivity index (χ1n) is 12.2. The molecule has 8 heteroatoms. The second kappa shape index (κ2) is 9.99. The fraction of sp³-hybridized carbons (Fsp3) is 0.680. The van der Waals surface area contributed by atoms with Crippen LogP contribution in [0, 0.1) is 0 Å². The van der Waals surface area contributed by atoms with Crippen LogP contribution in [0.4, 0.5) is 0 Å². The van der Waals surface area contributed by atoms with Gasteiger partial charge in [0.15, 0.2) is 5.60 Å². The van der Waals surface area contributed by atoms with Crippen molar-refractivity contribution in [2.75, 3.05) is 26.3 Å². The first-order valence-corrected chi connectivity index (χ1v) is 12.2. The molecule has 0 spiro atoms. The summed E-state index contributed by atoms with van der Waals surface area (Å²) in [5.41, 5.74) is 1.13. The highest BCUT2D eigenvalue weighted by molar-refractivity contribution is 5.88. The molecule has 1 amide bonds. The smallest absolute Gasteiger partial charge is 0.263 e. The van der Waals surface area contributed by atoms with E-state index in [0.29, 0.717) is 5.88 Å². The lowest BCUT2D eigenvalue weighted by Crippen LogP contribution is -2.51. The number of rotatable bonds is 7. The lowest BCUT2D eigenvalue weighted by atomic mass is 9.92. The molecule has 1 saturated carbocycles. The van der Waals surface area contributed by atoms with E-state index in [-0.39, 0.29) is 24.1 Å². The molecule has 2 fully saturated rings. The van der Waals surface area contributed by atoms with Gasteiger partial charge in [-0.1, -0.05) is 6.07 Å². The summed E-state index contributed by atoms with van der Waals surface area (Å²) >= 11 is 0. The van der Waals surface area contributed by atoms with Crippen molar-refractivity contribution in [1.29, 1.82) is 0 Å². The van der Waals surface area contributed by atoms with Gasteiger partial charge in [-0.3, -0.25) is 14.4 Å². The zero-order chi connectivity index (χ0) is 23.6. The maximum Gasteiger partial charge on any atom is 0.263 e. The molecule has 1 aliphatic heterocycles. The number of amides is 1. The number of nitrogens with zero attached hydrogens (tertiary/aromatic N) is 3. The van der Waals surface area contributed by atoms with Crippen molar-refractivity contribution in [2.24, 2.45) is 0 Å². The third kappa shape index (κ3) is 5.67. The summed E-state index contributed by atoms with van der Waals surface area (Å²) in [6, 6.07) is 6.64. The van der Waals surface area contributed by atoms with Crippen LogP contribution in [-0.4, -0.2) is 69.7 Å². The van der Waals surface area contributed by atoms with Crippen molar-refractivity contribution in [1.82, 2.24) is 20.0 Å². The Bertz CT molecular complexity index is 957. The lowest BCUT2D eigenvalue weighted by Gasteiger charge is -2.30. The normalized spacial score (nSPS) is 22.6. The van der Waals surface area contributed by atoms with Gasteiger partial charge >= 0.3 is 0 Å². The van der Waals surface area contributed by atoms with Crippen LogP contribution in [-0.2, 0) is 16.1 Å². The van der Waals surface area contributed by atoms with E-state index in [1.54, 1.807) is 13.8 Å². The first-order chi connectivity index (χ1) is 15.7. The Morgan fingerprint density at radius 2 is 1.94 bits per heavy atom. The van der Waals surface area contributed by atoms with Gasteiger partial charge in [0.2, 0.25) is 5.88 Å². The number of morpholine rings is 1. The van der Waals surface area contributed by atoms with E-state index in [9.17, 15) is 9.90 Å². The number of carbonyl (C=O) groups excluding carboxylic acids is 1. The van der Waals surface area contributed by atoms with Crippen LogP contribution in [0.5, 0.6) is 5.88 Å². The van der Waals surface area contributed by atoms with Gasteiger partial charge in [-0.15, -0.1) is 5.10 Å². The van der Waals surface area contributed by atoms with Gasteiger partial charge in [0, 0.05) is 31.7 Å². The number of aliphatic hydroxyl groups is 1. The van der Waals surface area contributed by atoms with Crippen molar-refractivity contribution < 1.29 is 19.4 Å². The topological polar surface area (TPSA) is 88.9 Å². The Balaban J connectivity index is 1.54. The van der Waals surface area contributed by atoms with Crippen LogP contribution >= 0.6 is 0 Å². The molecule has 2 aliphatic rings. The summed E-state index contributed by atoms with van der Waals surface area (Å²) in [6.45, 7) is 12.0. The zero-order valence-corrected chi connectivity index (χ0v) is 20.3. The van der Waals surface area contributed by atoms with Gasteiger partial charge < -0.3 is 19.9 Å². The maximum absolute atomic E-state index is 13.1. The number of ether oxygens (including phenoxy) is 2. The minimum absolute atomic E-state index is 0.0777. The molecule has 0 unspecified atom stereocenters. The van der Waals surface area contributed by atoms with Crippen molar-refractivity contribution in [3.8, 4) is 5.88 Å². The molecule has 8 nitrogen and oxygen atoms in total. The average Bonchev–Trinajstić information content (AvgIpc) is 3.13. The summed E-state index contributed by atoms with van der Waals surface area (Å²) in [6.07, 6.45) is 2.78. The molecular formula is C25H38N4O4. The Hall–Kier alpha value is -2.16. The molecule has 1 aliphatic carbocycles. The van der Waals surface area contributed by atoms with Gasteiger partial charge in [-0.2, -0.15) is 0 Å².